The van der Waals surface area contributed by atoms with Crippen LogP contribution in [0, 0.1) is 0 Å². The minimum atomic E-state index is -0.372. The van der Waals surface area contributed by atoms with E-state index in [4.69, 9.17) is 20.9 Å². The van der Waals surface area contributed by atoms with Crippen molar-refractivity contribution in [1.29, 1.82) is 0 Å². The number of nitrogens with zero attached hydrogens (tertiary/aromatic N) is 2. The Balaban J connectivity index is 4.39. The standard InChI is InChI=1S/C18H34N4O4/c1-3-15-25-17(23)21(13-7-9-19)11-5-6-12-22(14-8-10-20)18(24)26-16-4-2/h3-4H,1-2,5-16,19-20H2. The summed E-state index contributed by atoms with van der Waals surface area (Å²) in [5.74, 6) is 0. The normalized spacial score (nSPS) is 10.1. The number of amides is 2. The molecule has 0 aromatic carbocycles. The highest BCUT2D eigenvalue weighted by molar-refractivity contribution is 5.68. The van der Waals surface area contributed by atoms with Crippen molar-refractivity contribution >= 4 is 12.2 Å². The fourth-order valence-corrected chi connectivity index (χ4v) is 2.20. The molecular weight excluding hydrogens is 336 g/mol. The molecule has 8 heteroatoms. The molecule has 0 aliphatic heterocycles. The van der Waals surface area contributed by atoms with Crippen LogP contribution >= 0.6 is 0 Å². The van der Waals surface area contributed by atoms with Gasteiger partial charge in [0.1, 0.15) is 13.2 Å². The van der Waals surface area contributed by atoms with Crippen molar-refractivity contribution in [3.05, 3.63) is 25.3 Å². The van der Waals surface area contributed by atoms with E-state index in [0.29, 0.717) is 52.1 Å². The van der Waals surface area contributed by atoms with Gasteiger partial charge in [-0.25, -0.2) is 9.59 Å². The van der Waals surface area contributed by atoms with Crippen LogP contribution in [0.15, 0.2) is 25.3 Å². The zero-order chi connectivity index (χ0) is 19.6. The van der Waals surface area contributed by atoms with E-state index in [2.05, 4.69) is 13.2 Å². The predicted octanol–water partition coefficient (Wildman–Crippen LogP) is 1.71. The monoisotopic (exact) mass is 370 g/mol. The van der Waals surface area contributed by atoms with Crippen LogP contribution in [0.5, 0.6) is 0 Å². The Bertz CT molecular complexity index is 380. The van der Waals surface area contributed by atoms with Gasteiger partial charge in [-0.2, -0.15) is 0 Å². The maximum Gasteiger partial charge on any atom is 0.410 e. The van der Waals surface area contributed by atoms with Gasteiger partial charge < -0.3 is 30.7 Å². The molecule has 0 rings (SSSR count). The molecule has 26 heavy (non-hydrogen) atoms. The molecule has 4 N–H and O–H groups in total. The molecule has 0 aliphatic carbocycles. The molecule has 0 aromatic rings. The first-order valence-electron chi connectivity index (χ1n) is 9.06. The molecule has 0 saturated heterocycles. The first-order chi connectivity index (χ1) is 12.6. The lowest BCUT2D eigenvalue weighted by Crippen LogP contribution is -2.36. The van der Waals surface area contributed by atoms with Crippen LogP contribution in [0.3, 0.4) is 0 Å². The van der Waals surface area contributed by atoms with E-state index in [0.717, 1.165) is 12.8 Å². The second-order valence-electron chi connectivity index (χ2n) is 5.70. The second kappa shape index (κ2) is 16.4. The molecule has 0 heterocycles. The Morgan fingerprint density at radius 1 is 0.731 bits per heavy atom. The fourth-order valence-electron chi connectivity index (χ4n) is 2.20. The van der Waals surface area contributed by atoms with Crippen LogP contribution in [-0.2, 0) is 9.47 Å². The van der Waals surface area contributed by atoms with Crippen molar-refractivity contribution in [1.82, 2.24) is 9.80 Å². The van der Waals surface area contributed by atoms with Crippen LogP contribution in [0.4, 0.5) is 9.59 Å². The quantitative estimate of drug-likeness (QED) is 0.335. The topological polar surface area (TPSA) is 111 Å². The van der Waals surface area contributed by atoms with Crippen LogP contribution < -0.4 is 11.5 Å². The molecule has 0 fully saturated rings. The fraction of sp³-hybridized carbons (Fsp3) is 0.667. The molecule has 0 saturated carbocycles. The number of ether oxygens (including phenoxy) is 2. The summed E-state index contributed by atoms with van der Waals surface area (Å²) in [5, 5.41) is 0. The lowest BCUT2D eigenvalue weighted by atomic mass is 10.2. The Hall–Kier alpha value is -2.06. The minimum Gasteiger partial charge on any atom is -0.445 e. The van der Waals surface area contributed by atoms with Crippen LogP contribution in [0.1, 0.15) is 25.7 Å². The summed E-state index contributed by atoms with van der Waals surface area (Å²) in [7, 11) is 0. The molecule has 0 atom stereocenters. The summed E-state index contributed by atoms with van der Waals surface area (Å²) in [4.78, 5) is 27.3. The molecule has 0 aliphatic rings. The SMILES string of the molecule is C=CCOC(=O)N(CCCN)CCCCN(CCCN)C(=O)OCC=C. The van der Waals surface area contributed by atoms with Crippen molar-refractivity contribution in [2.24, 2.45) is 11.5 Å². The van der Waals surface area contributed by atoms with Crippen LogP contribution in [0.25, 0.3) is 0 Å². The number of rotatable bonds is 15. The molecule has 0 unspecified atom stereocenters. The summed E-state index contributed by atoms with van der Waals surface area (Å²) in [5.41, 5.74) is 11.0. The zero-order valence-corrected chi connectivity index (χ0v) is 15.7. The molecule has 8 nitrogen and oxygen atoms in total. The van der Waals surface area contributed by atoms with Crippen LogP contribution in [0.2, 0.25) is 0 Å². The maximum absolute atomic E-state index is 12.0. The van der Waals surface area contributed by atoms with Crippen molar-refractivity contribution in [2.75, 3.05) is 52.5 Å². The highest BCUT2D eigenvalue weighted by atomic mass is 16.6. The molecule has 2 amide bonds. The average molecular weight is 370 g/mol. The molecule has 0 aromatic heterocycles. The number of nitrogens with two attached hydrogens (primary N) is 2. The van der Waals surface area contributed by atoms with Gasteiger partial charge in [-0.3, -0.25) is 0 Å². The molecule has 0 bridgehead atoms. The van der Waals surface area contributed by atoms with Gasteiger partial charge >= 0.3 is 12.2 Å². The second-order valence-corrected chi connectivity index (χ2v) is 5.70. The average Bonchev–Trinajstić information content (AvgIpc) is 2.65. The Morgan fingerprint density at radius 3 is 1.38 bits per heavy atom. The van der Waals surface area contributed by atoms with Gasteiger partial charge in [-0.15, -0.1) is 0 Å². The smallest absolute Gasteiger partial charge is 0.410 e. The predicted molar refractivity (Wildman–Crippen MR) is 103 cm³/mol. The summed E-state index contributed by atoms with van der Waals surface area (Å²) in [6.45, 7) is 10.6. The largest absolute Gasteiger partial charge is 0.445 e. The number of hydrogen-bond acceptors (Lipinski definition) is 6. The summed E-state index contributed by atoms with van der Waals surface area (Å²) in [6.07, 6.45) is 5.21. The Morgan fingerprint density at radius 2 is 1.08 bits per heavy atom. The third-order valence-electron chi connectivity index (χ3n) is 3.54. The molecule has 0 spiro atoms. The highest BCUT2D eigenvalue weighted by Gasteiger charge is 2.16. The summed E-state index contributed by atoms with van der Waals surface area (Å²) >= 11 is 0. The number of unbranched alkanes of at least 4 members (excludes halogenated alkanes) is 1. The van der Waals surface area contributed by atoms with Crippen molar-refractivity contribution in [3.8, 4) is 0 Å². The van der Waals surface area contributed by atoms with Gasteiger partial charge in [0.2, 0.25) is 0 Å². The van der Waals surface area contributed by atoms with Crippen molar-refractivity contribution < 1.29 is 19.1 Å². The third kappa shape index (κ3) is 11.5. The van der Waals surface area contributed by atoms with Crippen molar-refractivity contribution in [3.63, 3.8) is 0 Å². The van der Waals surface area contributed by atoms with E-state index in [1.165, 1.54) is 12.2 Å². The summed E-state index contributed by atoms with van der Waals surface area (Å²) in [6, 6.07) is 0. The lowest BCUT2D eigenvalue weighted by molar-refractivity contribution is 0.105. The number of carbonyl (C=O) groups excluding carboxylic acids is 2. The number of carbonyl (C=O) groups is 2. The lowest BCUT2D eigenvalue weighted by Gasteiger charge is -2.24. The van der Waals surface area contributed by atoms with E-state index < -0.39 is 0 Å². The molecule has 150 valence electrons. The van der Waals surface area contributed by atoms with E-state index in [1.807, 2.05) is 0 Å². The first kappa shape index (κ1) is 23.9. The van der Waals surface area contributed by atoms with Gasteiger partial charge in [0, 0.05) is 26.2 Å². The van der Waals surface area contributed by atoms with Crippen LogP contribution in [-0.4, -0.2) is 74.5 Å². The molecular formula is C18H34N4O4. The van der Waals surface area contributed by atoms with Gasteiger partial charge in [0.15, 0.2) is 0 Å². The van der Waals surface area contributed by atoms with Gasteiger partial charge in [-0.1, -0.05) is 25.3 Å². The van der Waals surface area contributed by atoms with E-state index in [1.54, 1.807) is 9.80 Å². The van der Waals surface area contributed by atoms with E-state index in [-0.39, 0.29) is 25.4 Å². The first-order valence-corrected chi connectivity index (χ1v) is 9.06. The van der Waals surface area contributed by atoms with Gasteiger partial charge in [0.05, 0.1) is 0 Å². The number of hydrogen-bond donors (Lipinski definition) is 2. The molecule has 0 radical (unpaired) electrons. The van der Waals surface area contributed by atoms with E-state index in [9.17, 15) is 9.59 Å². The Kier molecular flexibility index (Phi) is 15.1. The van der Waals surface area contributed by atoms with Crippen molar-refractivity contribution in [2.45, 2.75) is 25.7 Å². The van der Waals surface area contributed by atoms with E-state index >= 15 is 0 Å². The minimum absolute atomic E-state index is 0.181. The maximum atomic E-state index is 12.0. The van der Waals surface area contributed by atoms with Gasteiger partial charge in [-0.05, 0) is 38.8 Å². The highest BCUT2D eigenvalue weighted by Crippen LogP contribution is 2.04. The summed E-state index contributed by atoms with van der Waals surface area (Å²) < 4.78 is 10.2. The van der Waals surface area contributed by atoms with Gasteiger partial charge in [0.25, 0.3) is 0 Å². The Labute approximate surface area is 156 Å². The zero-order valence-electron chi connectivity index (χ0n) is 15.7. The third-order valence-corrected chi connectivity index (χ3v) is 3.54.